The molecule has 0 aliphatic rings. The highest BCUT2D eigenvalue weighted by Gasteiger charge is 2.08. The Bertz CT molecular complexity index is 677. The number of nitrogens with one attached hydrogen (secondary N) is 1. The predicted molar refractivity (Wildman–Crippen MR) is 71.4 cm³/mol. The number of aromatic nitrogens is 2. The van der Waals surface area contributed by atoms with Gasteiger partial charge in [0.1, 0.15) is 5.69 Å². The van der Waals surface area contributed by atoms with Gasteiger partial charge in [-0.2, -0.15) is 10.2 Å². The standard InChI is InChI=1S/C12H11N5O3/c1-16-11(5-6-14-16)12(18)15-13-8-9-3-2-4-10(7-9)17(19)20/h2-8H,1H3,(H,15,18)/b13-8+. The molecule has 1 heterocycles. The van der Waals surface area contributed by atoms with E-state index < -0.39 is 10.8 Å². The highest BCUT2D eigenvalue weighted by Crippen LogP contribution is 2.11. The summed E-state index contributed by atoms with van der Waals surface area (Å²) < 4.78 is 1.41. The zero-order chi connectivity index (χ0) is 14.5. The lowest BCUT2D eigenvalue weighted by Crippen LogP contribution is -2.20. The maximum Gasteiger partial charge on any atom is 0.289 e. The maximum atomic E-state index is 11.7. The minimum absolute atomic E-state index is 0.0353. The summed E-state index contributed by atoms with van der Waals surface area (Å²) in [4.78, 5) is 21.8. The summed E-state index contributed by atoms with van der Waals surface area (Å²) in [5, 5.41) is 18.2. The van der Waals surface area contributed by atoms with Crippen LogP contribution in [-0.2, 0) is 7.05 Å². The molecule has 102 valence electrons. The minimum Gasteiger partial charge on any atom is -0.266 e. The van der Waals surface area contributed by atoms with Crippen molar-refractivity contribution in [1.82, 2.24) is 15.2 Å². The van der Waals surface area contributed by atoms with Gasteiger partial charge in [0.15, 0.2) is 0 Å². The zero-order valence-corrected chi connectivity index (χ0v) is 10.6. The van der Waals surface area contributed by atoms with E-state index in [4.69, 9.17) is 0 Å². The topological polar surface area (TPSA) is 102 Å². The number of carbonyl (C=O) groups excluding carboxylic acids is 1. The van der Waals surface area contributed by atoms with Crippen molar-refractivity contribution < 1.29 is 9.72 Å². The minimum atomic E-state index is -0.494. The molecule has 0 saturated carbocycles. The molecule has 20 heavy (non-hydrogen) atoms. The van der Waals surface area contributed by atoms with E-state index in [-0.39, 0.29) is 5.69 Å². The van der Waals surface area contributed by atoms with Crippen LogP contribution in [0.4, 0.5) is 5.69 Å². The van der Waals surface area contributed by atoms with Crippen LogP contribution in [0.25, 0.3) is 0 Å². The summed E-state index contributed by atoms with van der Waals surface area (Å²) in [6.07, 6.45) is 2.83. The zero-order valence-electron chi connectivity index (χ0n) is 10.6. The van der Waals surface area contributed by atoms with Gasteiger partial charge in [-0.3, -0.25) is 19.6 Å². The number of hydrogen-bond donors (Lipinski definition) is 1. The Morgan fingerprint density at radius 2 is 2.30 bits per heavy atom. The second-order valence-electron chi connectivity index (χ2n) is 3.89. The van der Waals surface area contributed by atoms with Crippen LogP contribution >= 0.6 is 0 Å². The molecule has 2 rings (SSSR count). The second kappa shape index (κ2) is 5.74. The average molecular weight is 273 g/mol. The van der Waals surface area contributed by atoms with Gasteiger partial charge in [0, 0.05) is 30.9 Å². The van der Waals surface area contributed by atoms with Gasteiger partial charge in [0.05, 0.1) is 11.1 Å². The molecule has 8 heteroatoms. The Morgan fingerprint density at radius 1 is 1.50 bits per heavy atom. The van der Waals surface area contributed by atoms with Gasteiger partial charge in [0.25, 0.3) is 11.6 Å². The van der Waals surface area contributed by atoms with Crippen LogP contribution in [0.3, 0.4) is 0 Å². The third kappa shape index (κ3) is 3.05. The fourth-order valence-electron chi connectivity index (χ4n) is 1.54. The lowest BCUT2D eigenvalue weighted by molar-refractivity contribution is -0.384. The van der Waals surface area contributed by atoms with E-state index >= 15 is 0 Å². The lowest BCUT2D eigenvalue weighted by atomic mass is 10.2. The molecular weight excluding hydrogens is 262 g/mol. The molecule has 0 radical (unpaired) electrons. The van der Waals surface area contributed by atoms with Gasteiger partial charge in [-0.25, -0.2) is 5.43 Å². The molecule has 0 saturated heterocycles. The number of nitro groups is 1. The SMILES string of the molecule is Cn1nccc1C(=O)N/N=C/c1cccc([N+](=O)[O-])c1. The summed E-state index contributed by atoms with van der Waals surface area (Å²) in [5.41, 5.74) is 3.17. The average Bonchev–Trinajstić information content (AvgIpc) is 2.85. The molecule has 1 amide bonds. The van der Waals surface area contributed by atoms with E-state index in [9.17, 15) is 14.9 Å². The number of hydrogen-bond acceptors (Lipinski definition) is 5. The fourth-order valence-corrected chi connectivity index (χ4v) is 1.54. The number of non-ortho nitro benzene ring substituents is 1. The molecule has 8 nitrogen and oxygen atoms in total. The normalized spacial score (nSPS) is 10.7. The smallest absolute Gasteiger partial charge is 0.266 e. The van der Waals surface area contributed by atoms with Crippen molar-refractivity contribution in [2.45, 2.75) is 0 Å². The lowest BCUT2D eigenvalue weighted by Gasteiger charge is -1.99. The Balaban J connectivity index is 2.04. The number of benzene rings is 1. The molecule has 0 bridgehead atoms. The predicted octanol–water partition coefficient (Wildman–Crippen LogP) is 1.09. The van der Waals surface area contributed by atoms with Crippen LogP contribution in [0.5, 0.6) is 0 Å². The van der Waals surface area contributed by atoms with Crippen molar-refractivity contribution in [1.29, 1.82) is 0 Å². The van der Waals surface area contributed by atoms with Crippen LogP contribution in [0, 0.1) is 10.1 Å². The van der Waals surface area contributed by atoms with Crippen molar-refractivity contribution in [2.75, 3.05) is 0 Å². The Morgan fingerprint density at radius 3 is 2.95 bits per heavy atom. The molecule has 0 aliphatic heterocycles. The van der Waals surface area contributed by atoms with Gasteiger partial charge in [-0.1, -0.05) is 12.1 Å². The molecule has 0 unspecified atom stereocenters. The van der Waals surface area contributed by atoms with E-state index in [1.54, 1.807) is 25.2 Å². The molecule has 1 aromatic carbocycles. The second-order valence-corrected chi connectivity index (χ2v) is 3.89. The monoisotopic (exact) mass is 273 g/mol. The van der Waals surface area contributed by atoms with Crippen molar-refractivity contribution >= 4 is 17.8 Å². The summed E-state index contributed by atoms with van der Waals surface area (Å²) in [6, 6.07) is 7.48. The van der Waals surface area contributed by atoms with Gasteiger partial charge in [0.2, 0.25) is 0 Å². The van der Waals surface area contributed by atoms with E-state index in [1.807, 2.05) is 0 Å². The molecule has 0 atom stereocenters. The van der Waals surface area contributed by atoms with Crippen molar-refractivity contribution in [3.63, 3.8) is 0 Å². The van der Waals surface area contributed by atoms with Crippen LogP contribution in [0.1, 0.15) is 16.1 Å². The highest BCUT2D eigenvalue weighted by atomic mass is 16.6. The van der Waals surface area contributed by atoms with Crippen molar-refractivity contribution in [3.05, 3.63) is 57.9 Å². The van der Waals surface area contributed by atoms with E-state index in [2.05, 4.69) is 15.6 Å². The van der Waals surface area contributed by atoms with Gasteiger partial charge in [-0.05, 0) is 6.07 Å². The van der Waals surface area contributed by atoms with Gasteiger partial charge >= 0.3 is 0 Å². The molecular formula is C12H11N5O3. The quantitative estimate of drug-likeness (QED) is 0.511. The number of nitrogens with zero attached hydrogens (tertiary/aromatic N) is 4. The fraction of sp³-hybridized carbons (Fsp3) is 0.0833. The number of carbonyl (C=O) groups is 1. The first kappa shape index (κ1) is 13.4. The number of hydrazone groups is 1. The van der Waals surface area contributed by atoms with Crippen molar-refractivity contribution in [3.8, 4) is 0 Å². The molecule has 2 aromatic rings. The summed E-state index contributed by atoms with van der Waals surface area (Å²) in [6.45, 7) is 0. The largest absolute Gasteiger partial charge is 0.289 e. The summed E-state index contributed by atoms with van der Waals surface area (Å²) in [7, 11) is 1.64. The Kier molecular flexibility index (Phi) is 3.85. The van der Waals surface area contributed by atoms with Crippen LogP contribution < -0.4 is 5.43 Å². The molecule has 1 N–H and O–H groups in total. The number of aryl methyl sites for hydroxylation is 1. The third-order valence-electron chi connectivity index (χ3n) is 2.51. The first-order valence-electron chi connectivity index (χ1n) is 5.64. The first-order valence-corrected chi connectivity index (χ1v) is 5.64. The highest BCUT2D eigenvalue weighted by molar-refractivity contribution is 5.93. The van der Waals surface area contributed by atoms with E-state index in [0.29, 0.717) is 11.3 Å². The summed E-state index contributed by atoms with van der Waals surface area (Å²) >= 11 is 0. The van der Waals surface area contributed by atoms with E-state index in [1.165, 1.54) is 29.2 Å². The maximum absolute atomic E-state index is 11.7. The third-order valence-corrected chi connectivity index (χ3v) is 2.51. The van der Waals surface area contributed by atoms with E-state index in [0.717, 1.165) is 0 Å². The Hall–Kier alpha value is -3.03. The molecule has 0 spiro atoms. The number of nitro benzene ring substituents is 1. The molecule has 0 fully saturated rings. The van der Waals surface area contributed by atoms with Crippen LogP contribution in [-0.4, -0.2) is 26.8 Å². The first-order chi connectivity index (χ1) is 9.58. The van der Waals surface area contributed by atoms with Crippen LogP contribution in [0.15, 0.2) is 41.6 Å². The van der Waals surface area contributed by atoms with Gasteiger partial charge in [-0.15, -0.1) is 0 Å². The Labute approximate surface area is 113 Å². The molecule has 1 aromatic heterocycles. The number of amides is 1. The van der Waals surface area contributed by atoms with Gasteiger partial charge < -0.3 is 0 Å². The van der Waals surface area contributed by atoms with Crippen molar-refractivity contribution in [2.24, 2.45) is 12.1 Å². The number of rotatable bonds is 4. The summed E-state index contributed by atoms with van der Waals surface area (Å²) in [5.74, 6) is -0.410. The molecule has 0 aliphatic carbocycles. The van der Waals surface area contributed by atoms with Crippen LogP contribution in [0.2, 0.25) is 0 Å².